The predicted molar refractivity (Wildman–Crippen MR) is 77.5 cm³/mol. The van der Waals surface area contributed by atoms with Gasteiger partial charge in [-0.05, 0) is 0 Å². The molecule has 0 fully saturated rings. The molecule has 0 aliphatic rings. The van der Waals surface area contributed by atoms with Crippen LogP contribution in [0.15, 0.2) is 74.9 Å². The van der Waals surface area contributed by atoms with Gasteiger partial charge in [-0.15, -0.1) is 0 Å². The number of nitrogens with zero attached hydrogens (tertiary/aromatic N) is 8. The number of hydrogen-bond acceptors (Lipinski definition) is 4. The molecule has 1 radical (unpaired) electrons. The molecular formula is C12H16CuN8O2-4. The SMILES string of the molecule is O.O.[Cu].c1c[n-]cn1.c1c[n-]cn1.c1c[n-]cn1.c1c[n-]cn1. The first-order valence-corrected chi connectivity index (χ1v) is 5.46. The van der Waals surface area contributed by atoms with Crippen LogP contribution in [0, 0.1) is 0 Å². The van der Waals surface area contributed by atoms with E-state index in [-0.39, 0.29) is 28.0 Å². The molecule has 4 aromatic rings. The summed E-state index contributed by atoms with van der Waals surface area (Å²) in [4.78, 5) is 28.9. The third kappa shape index (κ3) is 19.3. The van der Waals surface area contributed by atoms with Gasteiger partial charge in [0.05, 0.1) is 0 Å². The van der Waals surface area contributed by atoms with Crippen molar-refractivity contribution in [1.29, 1.82) is 0 Å². The molecule has 0 unspecified atom stereocenters. The third-order valence-corrected chi connectivity index (χ3v) is 1.49. The van der Waals surface area contributed by atoms with Crippen LogP contribution in [0.1, 0.15) is 0 Å². The summed E-state index contributed by atoms with van der Waals surface area (Å²) in [5.41, 5.74) is 0. The van der Waals surface area contributed by atoms with Crippen LogP contribution in [0.4, 0.5) is 0 Å². The minimum absolute atomic E-state index is 0. The molecule has 0 atom stereocenters. The molecule has 0 aliphatic carbocycles. The molecule has 0 aromatic carbocycles. The molecule has 4 aromatic heterocycles. The predicted octanol–water partition coefficient (Wildman–Crippen LogP) is -1.50. The summed E-state index contributed by atoms with van der Waals surface area (Å²) in [6.07, 6.45) is 19.1. The topological polar surface area (TPSA) is 171 Å². The van der Waals surface area contributed by atoms with Crippen molar-refractivity contribution < 1.29 is 28.0 Å². The van der Waals surface area contributed by atoms with Crippen LogP contribution >= 0.6 is 0 Å². The summed E-state index contributed by atoms with van der Waals surface area (Å²) in [7, 11) is 0. The zero-order chi connectivity index (χ0) is 14.1. The van der Waals surface area contributed by atoms with Crippen molar-refractivity contribution in [2.75, 3.05) is 0 Å². The molecular weight excluding hydrogens is 352 g/mol. The molecule has 0 bridgehead atoms. The van der Waals surface area contributed by atoms with Crippen LogP contribution < -0.4 is 19.9 Å². The zero-order valence-corrected chi connectivity index (χ0v) is 12.7. The first-order valence-electron chi connectivity index (χ1n) is 5.46. The van der Waals surface area contributed by atoms with Gasteiger partial charge in [-0.3, -0.25) is 0 Å². The molecule has 10 nitrogen and oxygen atoms in total. The summed E-state index contributed by atoms with van der Waals surface area (Å²) in [5, 5.41) is 0. The summed E-state index contributed by atoms with van der Waals surface area (Å²) >= 11 is 0. The van der Waals surface area contributed by atoms with E-state index in [2.05, 4.69) is 39.9 Å². The van der Waals surface area contributed by atoms with Gasteiger partial charge in [0.1, 0.15) is 0 Å². The number of hydrogen-bond donors (Lipinski definition) is 0. The second-order valence-electron chi connectivity index (χ2n) is 2.85. The van der Waals surface area contributed by atoms with Gasteiger partial charge in [0, 0.05) is 17.1 Å². The fraction of sp³-hybridized carbons (Fsp3) is 0. The molecule has 23 heavy (non-hydrogen) atoms. The van der Waals surface area contributed by atoms with E-state index in [1.165, 1.54) is 25.3 Å². The van der Waals surface area contributed by atoms with Crippen LogP contribution in [0.2, 0.25) is 0 Å². The third-order valence-electron chi connectivity index (χ3n) is 1.49. The van der Waals surface area contributed by atoms with E-state index in [4.69, 9.17) is 0 Å². The molecule has 4 N–H and O–H groups in total. The van der Waals surface area contributed by atoms with Gasteiger partial charge in [-0.1, -0.05) is 74.9 Å². The van der Waals surface area contributed by atoms with Gasteiger partial charge in [-0.2, -0.15) is 0 Å². The van der Waals surface area contributed by atoms with Crippen LogP contribution in [-0.2, 0) is 17.1 Å². The van der Waals surface area contributed by atoms with Crippen molar-refractivity contribution in [3.63, 3.8) is 0 Å². The van der Waals surface area contributed by atoms with Gasteiger partial charge in [0.2, 0.25) is 0 Å². The minimum Gasteiger partial charge on any atom is -0.450 e. The van der Waals surface area contributed by atoms with Crippen LogP contribution in [0.5, 0.6) is 0 Å². The Kier molecular flexibility index (Phi) is 23.7. The quantitative estimate of drug-likeness (QED) is 0.338. The van der Waals surface area contributed by atoms with Crippen LogP contribution in [0.3, 0.4) is 0 Å². The van der Waals surface area contributed by atoms with E-state index in [1.54, 1.807) is 49.6 Å². The van der Waals surface area contributed by atoms with Crippen LogP contribution in [0.25, 0.3) is 0 Å². The fourth-order valence-corrected chi connectivity index (χ4v) is 0.770. The Balaban J connectivity index is -0.000000222. The Labute approximate surface area is 143 Å². The molecule has 0 amide bonds. The maximum absolute atomic E-state index is 3.61. The van der Waals surface area contributed by atoms with E-state index in [0.29, 0.717) is 0 Å². The number of rotatable bonds is 0. The van der Waals surface area contributed by atoms with Gasteiger partial charge < -0.3 is 50.8 Å². The molecule has 4 rings (SSSR count). The van der Waals surface area contributed by atoms with E-state index in [9.17, 15) is 0 Å². The average molecular weight is 368 g/mol. The van der Waals surface area contributed by atoms with Gasteiger partial charge >= 0.3 is 0 Å². The Bertz CT molecular complexity index is 366. The zero-order valence-electron chi connectivity index (χ0n) is 11.8. The molecule has 0 saturated heterocycles. The normalized spacial score (nSPS) is 6.96. The van der Waals surface area contributed by atoms with Gasteiger partial charge in [0.25, 0.3) is 0 Å². The summed E-state index contributed by atoms with van der Waals surface area (Å²) in [6, 6.07) is 0. The summed E-state index contributed by atoms with van der Waals surface area (Å²) < 4.78 is 0. The van der Waals surface area contributed by atoms with Crippen molar-refractivity contribution in [2.24, 2.45) is 0 Å². The summed E-state index contributed by atoms with van der Waals surface area (Å²) in [5.74, 6) is 0. The monoisotopic (exact) mass is 367 g/mol. The van der Waals surface area contributed by atoms with E-state index >= 15 is 0 Å². The fourth-order valence-electron chi connectivity index (χ4n) is 0.770. The Morgan fingerprint density at radius 3 is 0.696 bits per heavy atom. The minimum atomic E-state index is 0. The molecule has 0 saturated carbocycles. The van der Waals surface area contributed by atoms with E-state index in [1.807, 2.05) is 0 Å². The van der Waals surface area contributed by atoms with Gasteiger partial charge in [-0.25, -0.2) is 0 Å². The van der Waals surface area contributed by atoms with Crippen molar-refractivity contribution in [1.82, 2.24) is 39.9 Å². The Hall–Kier alpha value is -2.72. The van der Waals surface area contributed by atoms with E-state index < -0.39 is 0 Å². The second kappa shape index (κ2) is 21.6. The van der Waals surface area contributed by atoms with Crippen LogP contribution in [-0.4, -0.2) is 30.9 Å². The number of imidazole rings is 4. The summed E-state index contributed by atoms with van der Waals surface area (Å²) in [6.45, 7) is 0. The number of aromatic nitrogens is 8. The molecule has 131 valence electrons. The van der Waals surface area contributed by atoms with Crippen molar-refractivity contribution in [3.8, 4) is 0 Å². The van der Waals surface area contributed by atoms with Crippen molar-refractivity contribution in [2.45, 2.75) is 0 Å². The second-order valence-corrected chi connectivity index (χ2v) is 2.85. The molecule has 0 aliphatic heterocycles. The largest absolute Gasteiger partial charge is 0.450 e. The average Bonchev–Trinajstić information content (AvgIpc) is 3.40. The van der Waals surface area contributed by atoms with E-state index in [0.717, 1.165) is 0 Å². The molecule has 11 heteroatoms. The molecule has 4 heterocycles. The first kappa shape index (κ1) is 25.2. The Morgan fingerprint density at radius 1 is 0.435 bits per heavy atom. The smallest absolute Gasteiger partial charge is 0 e. The van der Waals surface area contributed by atoms with Crippen molar-refractivity contribution >= 4 is 0 Å². The maximum Gasteiger partial charge on any atom is 0 e. The first-order chi connectivity index (χ1) is 10.0. The Morgan fingerprint density at radius 2 is 0.652 bits per heavy atom. The molecule has 0 spiro atoms. The van der Waals surface area contributed by atoms with Crippen molar-refractivity contribution in [3.05, 3.63) is 74.9 Å². The van der Waals surface area contributed by atoms with Gasteiger partial charge in [0.15, 0.2) is 0 Å². The maximum atomic E-state index is 3.61. The standard InChI is InChI=1S/4C3H3N2.Cu.2H2O/c4*1-2-5-3-4-1;;;/h4*1-3H;;2*1H2/q4*-1;;;.